The summed E-state index contributed by atoms with van der Waals surface area (Å²) in [5.74, 6) is 0.607. The molecule has 7 nitrogen and oxygen atoms in total. The lowest BCUT2D eigenvalue weighted by molar-refractivity contribution is -0.138. The fraction of sp³-hybridized carbons (Fsp3) is 0.750. The van der Waals surface area contributed by atoms with Gasteiger partial charge in [0, 0.05) is 50.4 Å². The molecule has 0 N–H and O–H groups in total. The maximum atomic E-state index is 13.5. The Bertz CT molecular complexity index is 712. The molecule has 7 heteroatoms. The Morgan fingerprint density at radius 3 is 2.81 bits per heavy atom. The summed E-state index contributed by atoms with van der Waals surface area (Å²) in [6.45, 7) is 8.12. The fourth-order valence-corrected chi connectivity index (χ4v) is 4.95. The topological polar surface area (TPSA) is 67.7 Å². The van der Waals surface area contributed by atoms with Gasteiger partial charge in [-0.1, -0.05) is 6.42 Å². The van der Waals surface area contributed by atoms with Crippen molar-refractivity contribution in [1.29, 1.82) is 0 Å². The summed E-state index contributed by atoms with van der Waals surface area (Å²) in [6.07, 6.45) is 7.44. The third-order valence-corrected chi connectivity index (χ3v) is 6.61. The number of carbonyl (C=O) groups is 2. The normalized spacial score (nSPS) is 27.7. The Morgan fingerprint density at radius 2 is 2.15 bits per heavy atom. The van der Waals surface area contributed by atoms with Gasteiger partial charge in [0.05, 0.1) is 19.1 Å². The first-order valence-electron chi connectivity index (χ1n) is 10.3. The van der Waals surface area contributed by atoms with Crippen LogP contribution in [0.1, 0.15) is 51.4 Å². The van der Waals surface area contributed by atoms with Crippen LogP contribution in [0.4, 0.5) is 0 Å². The number of carbonyl (C=O) groups excluding carboxylic acids is 2. The van der Waals surface area contributed by atoms with Gasteiger partial charge in [0.1, 0.15) is 11.9 Å². The smallest absolute Gasteiger partial charge is 0.228 e. The van der Waals surface area contributed by atoms with Gasteiger partial charge in [0.25, 0.3) is 0 Å². The average molecular weight is 374 g/mol. The lowest BCUT2D eigenvalue weighted by atomic mass is 9.69. The Balaban J connectivity index is 1.61. The highest BCUT2D eigenvalue weighted by Gasteiger charge is 2.49. The Morgan fingerprint density at radius 1 is 1.33 bits per heavy atom. The SMILES string of the molecule is CCN1C(=O)C[C@H](C(=O)N2CCOCC3(CCC3)C2)[C@H]1c1nccn1CC. The predicted molar refractivity (Wildman–Crippen MR) is 99.8 cm³/mol. The number of imidazole rings is 1. The molecule has 2 saturated heterocycles. The van der Waals surface area contributed by atoms with Crippen LogP contribution in [0.3, 0.4) is 0 Å². The molecule has 3 heterocycles. The first-order chi connectivity index (χ1) is 13.1. The second-order valence-electron chi connectivity index (χ2n) is 8.17. The van der Waals surface area contributed by atoms with Crippen molar-refractivity contribution in [3.63, 3.8) is 0 Å². The summed E-state index contributed by atoms with van der Waals surface area (Å²) >= 11 is 0. The molecule has 1 aliphatic carbocycles. The van der Waals surface area contributed by atoms with E-state index in [0.29, 0.717) is 19.7 Å². The van der Waals surface area contributed by atoms with Crippen LogP contribution < -0.4 is 0 Å². The molecule has 1 saturated carbocycles. The zero-order valence-corrected chi connectivity index (χ0v) is 16.4. The molecule has 3 fully saturated rings. The van der Waals surface area contributed by atoms with E-state index in [0.717, 1.165) is 38.4 Å². The van der Waals surface area contributed by atoms with Gasteiger partial charge < -0.3 is 19.1 Å². The largest absolute Gasteiger partial charge is 0.379 e. The second kappa shape index (κ2) is 7.26. The van der Waals surface area contributed by atoms with Gasteiger partial charge in [0.15, 0.2) is 0 Å². The van der Waals surface area contributed by atoms with Crippen molar-refractivity contribution in [1.82, 2.24) is 19.4 Å². The first-order valence-corrected chi connectivity index (χ1v) is 10.3. The van der Waals surface area contributed by atoms with Gasteiger partial charge in [-0.2, -0.15) is 0 Å². The van der Waals surface area contributed by atoms with E-state index in [1.165, 1.54) is 6.42 Å². The van der Waals surface area contributed by atoms with E-state index in [1.54, 1.807) is 6.20 Å². The van der Waals surface area contributed by atoms with E-state index in [1.807, 2.05) is 27.5 Å². The summed E-state index contributed by atoms with van der Waals surface area (Å²) in [6, 6.07) is -0.272. The van der Waals surface area contributed by atoms with Crippen molar-refractivity contribution < 1.29 is 14.3 Å². The lowest BCUT2D eigenvalue weighted by Crippen LogP contribution is -2.48. The Hall–Kier alpha value is -1.89. The van der Waals surface area contributed by atoms with Crippen molar-refractivity contribution in [2.75, 3.05) is 32.8 Å². The molecule has 1 aromatic rings. The van der Waals surface area contributed by atoms with E-state index in [-0.39, 0.29) is 35.6 Å². The molecule has 2 aliphatic heterocycles. The molecule has 3 aliphatic rings. The molecule has 2 atom stereocenters. The van der Waals surface area contributed by atoms with Crippen LogP contribution in [0.15, 0.2) is 12.4 Å². The van der Waals surface area contributed by atoms with Crippen LogP contribution in [-0.4, -0.2) is 64.0 Å². The van der Waals surface area contributed by atoms with Crippen molar-refractivity contribution in [2.24, 2.45) is 11.3 Å². The third kappa shape index (κ3) is 3.16. The number of hydrogen-bond donors (Lipinski definition) is 0. The highest BCUT2D eigenvalue weighted by molar-refractivity contribution is 5.90. The van der Waals surface area contributed by atoms with Gasteiger partial charge in [-0.15, -0.1) is 0 Å². The van der Waals surface area contributed by atoms with Crippen molar-refractivity contribution in [3.8, 4) is 0 Å². The lowest BCUT2D eigenvalue weighted by Gasteiger charge is -2.43. The molecular formula is C20H30N4O3. The molecule has 0 radical (unpaired) electrons. The van der Waals surface area contributed by atoms with E-state index < -0.39 is 0 Å². The van der Waals surface area contributed by atoms with Crippen molar-refractivity contribution >= 4 is 11.8 Å². The summed E-state index contributed by atoms with van der Waals surface area (Å²) in [4.78, 5) is 34.5. The van der Waals surface area contributed by atoms with Crippen LogP contribution in [0.2, 0.25) is 0 Å². The Kier molecular flexibility index (Phi) is 4.97. The minimum Gasteiger partial charge on any atom is -0.379 e. The average Bonchev–Trinajstić information content (AvgIpc) is 3.15. The molecule has 1 spiro atoms. The van der Waals surface area contributed by atoms with Crippen LogP contribution in [0.5, 0.6) is 0 Å². The number of aromatic nitrogens is 2. The molecule has 148 valence electrons. The van der Waals surface area contributed by atoms with E-state index in [2.05, 4.69) is 11.9 Å². The quantitative estimate of drug-likeness (QED) is 0.807. The standard InChI is InChI=1S/C20H30N4O3/c1-3-22-9-8-21-18(22)17-15(12-16(25)24(17)4-2)19(26)23-10-11-27-14-20(13-23)6-5-7-20/h8-9,15,17H,3-7,10-14H2,1-2H3/t15-,17-/m0/s1. The van der Waals surface area contributed by atoms with Gasteiger partial charge in [-0.05, 0) is 26.7 Å². The van der Waals surface area contributed by atoms with E-state index in [9.17, 15) is 9.59 Å². The maximum absolute atomic E-state index is 13.5. The van der Waals surface area contributed by atoms with Gasteiger partial charge in [-0.3, -0.25) is 9.59 Å². The van der Waals surface area contributed by atoms with Gasteiger partial charge >= 0.3 is 0 Å². The molecule has 27 heavy (non-hydrogen) atoms. The fourth-order valence-electron chi connectivity index (χ4n) is 4.95. The molecule has 0 unspecified atom stereocenters. The number of amides is 2. The number of likely N-dealkylation sites (tertiary alicyclic amines) is 1. The highest BCUT2D eigenvalue weighted by Crippen LogP contribution is 2.44. The van der Waals surface area contributed by atoms with Crippen LogP contribution in [0, 0.1) is 11.3 Å². The summed E-state index contributed by atoms with van der Waals surface area (Å²) in [5, 5.41) is 0. The highest BCUT2D eigenvalue weighted by atomic mass is 16.5. The minimum atomic E-state index is -0.361. The number of aryl methyl sites for hydroxylation is 1. The first kappa shape index (κ1) is 18.5. The summed E-state index contributed by atoms with van der Waals surface area (Å²) in [7, 11) is 0. The number of rotatable bonds is 4. The van der Waals surface area contributed by atoms with Crippen LogP contribution >= 0.6 is 0 Å². The van der Waals surface area contributed by atoms with E-state index in [4.69, 9.17) is 4.74 Å². The maximum Gasteiger partial charge on any atom is 0.228 e. The molecule has 0 aromatic carbocycles. The predicted octanol–water partition coefficient (Wildman–Crippen LogP) is 1.84. The minimum absolute atomic E-state index is 0.0518. The summed E-state index contributed by atoms with van der Waals surface area (Å²) in [5.41, 5.74) is 0.136. The molecule has 0 bridgehead atoms. The third-order valence-electron chi connectivity index (χ3n) is 6.61. The van der Waals surface area contributed by atoms with Crippen LogP contribution in [-0.2, 0) is 20.9 Å². The van der Waals surface area contributed by atoms with Crippen LogP contribution in [0.25, 0.3) is 0 Å². The molecule has 2 amide bonds. The zero-order valence-electron chi connectivity index (χ0n) is 16.4. The Labute approximate surface area is 160 Å². The number of hydrogen-bond acceptors (Lipinski definition) is 4. The van der Waals surface area contributed by atoms with Crippen molar-refractivity contribution in [3.05, 3.63) is 18.2 Å². The second-order valence-corrected chi connectivity index (χ2v) is 8.17. The van der Waals surface area contributed by atoms with Gasteiger partial charge in [-0.25, -0.2) is 4.98 Å². The zero-order chi connectivity index (χ0) is 19.0. The number of ether oxygens (including phenoxy) is 1. The molecule has 1 aromatic heterocycles. The molecular weight excluding hydrogens is 344 g/mol. The van der Waals surface area contributed by atoms with E-state index >= 15 is 0 Å². The summed E-state index contributed by atoms with van der Waals surface area (Å²) < 4.78 is 7.85. The van der Waals surface area contributed by atoms with Gasteiger partial charge in [0.2, 0.25) is 11.8 Å². The van der Waals surface area contributed by atoms with Crippen molar-refractivity contribution in [2.45, 2.75) is 52.1 Å². The number of nitrogens with zero attached hydrogens (tertiary/aromatic N) is 4. The monoisotopic (exact) mass is 374 g/mol. The molecule has 4 rings (SSSR count).